The number of fused-ring (bicyclic) bond motifs is 8. The van der Waals surface area contributed by atoms with Crippen LogP contribution in [0.3, 0.4) is 0 Å². The number of aromatic nitrogens is 4. The Morgan fingerprint density at radius 3 is 2.16 bits per heavy atom. The number of hydrogen-bond acceptors (Lipinski definition) is 7. The van der Waals surface area contributed by atoms with Gasteiger partial charge in [0.1, 0.15) is 0 Å². The third kappa shape index (κ3) is 5.53. The van der Waals surface area contributed by atoms with Crippen molar-refractivity contribution in [1.82, 2.24) is 15.0 Å². The van der Waals surface area contributed by atoms with E-state index in [1.165, 1.54) is 14.2 Å². The molecule has 8 bridgehead atoms. The highest BCUT2D eigenvalue weighted by Gasteiger charge is 2.28. The summed E-state index contributed by atoms with van der Waals surface area (Å²) in [6, 6.07) is 5.94. The van der Waals surface area contributed by atoms with Crippen LogP contribution in [0.4, 0.5) is 0 Å². The molecule has 0 radical (unpaired) electrons. The largest absolute Gasteiger partial charge is 0.469 e. The zero-order chi connectivity index (χ0) is 31.7. The SMILES string of the molecule is C=CC1=C(C)c2nc1cc1[nH]c(cc3nc(cc4[nH+]c(o2)C(C)=C4C=C)C(C)=C3CCC(=O)OC)c(CCC(=O)OC)c1C. The maximum Gasteiger partial charge on any atom is 0.377 e. The number of ether oxygens (including phenoxy) is 2. The van der Waals surface area contributed by atoms with Crippen LogP contribution in [0, 0.1) is 6.92 Å². The van der Waals surface area contributed by atoms with Crippen LogP contribution in [0.15, 0.2) is 47.9 Å². The number of rotatable bonds is 8. The first kappa shape index (κ1) is 30.4. The summed E-state index contributed by atoms with van der Waals surface area (Å²) in [6.45, 7) is 16.0. The molecule has 0 saturated carbocycles. The molecule has 3 aliphatic rings. The van der Waals surface area contributed by atoms with Gasteiger partial charge in [0.2, 0.25) is 11.6 Å². The minimum atomic E-state index is -0.294. The molecule has 226 valence electrons. The van der Waals surface area contributed by atoms with Crippen molar-refractivity contribution in [2.45, 2.75) is 53.4 Å². The van der Waals surface area contributed by atoms with E-state index in [2.05, 4.69) is 23.1 Å². The quantitative estimate of drug-likeness (QED) is 0.340. The van der Waals surface area contributed by atoms with E-state index in [1.54, 1.807) is 12.2 Å². The molecular weight excluding hydrogens is 556 g/mol. The predicted octanol–water partition coefficient (Wildman–Crippen LogP) is 6.65. The van der Waals surface area contributed by atoms with Crippen molar-refractivity contribution in [2.24, 2.45) is 0 Å². The van der Waals surface area contributed by atoms with Crippen LogP contribution in [-0.4, -0.2) is 41.1 Å². The monoisotopic (exact) mass is 593 g/mol. The summed E-state index contributed by atoms with van der Waals surface area (Å²) in [7, 11) is 2.78. The van der Waals surface area contributed by atoms with E-state index in [1.807, 2.05) is 45.9 Å². The number of nitrogens with zero attached hydrogens (tertiary/aromatic N) is 2. The topological polar surface area (TPSA) is 121 Å². The van der Waals surface area contributed by atoms with Gasteiger partial charge in [0.15, 0.2) is 0 Å². The second-order valence-corrected chi connectivity index (χ2v) is 10.9. The van der Waals surface area contributed by atoms with Gasteiger partial charge in [0.05, 0.1) is 42.4 Å². The number of H-pyrrole nitrogens is 2. The van der Waals surface area contributed by atoms with Crippen LogP contribution in [-0.2, 0) is 25.5 Å². The Labute approximate surface area is 256 Å². The van der Waals surface area contributed by atoms with Crippen LogP contribution in [0.25, 0.3) is 44.5 Å². The minimum absolute atomic E-state index is 0.216. The average molecular weight is 594 g/mol. The lowest BCUT2D eigenvalue weighted by molar-refractivity contribution is -0.398. The van der Waals surface area contributed by atoms with Gasteiger partial charge in [-0.25, -0.2) is 9.97 Å². The predicted molar refractivity (Wildman–Crippen MR) is 171 cm³/mol. The molecule has 9 nitrogen and oxygen atoms in total. The van der Waals surface area contributed by atoms with Gasteiger partial charge < -0.3 is 18.9 Å². The number of esters is 2. The molecule has 9 heteroatoms. The number of nitrogens with one attached hydrogen (secondary N) is 2. The first-order valence-electron chi connectivity index (χ1n) is 14.5. The fourth-order valence-corrected chi connectivity index (χ4v) is 5.75. The molecule has 0 atom stereocenters. The van der Waals surface area contributed by atoms with Gasteiger partial charge in [-0.1, -0.05) is 25.3 Å². The Kier molecular flexibility index (Phi) is 8.49. The standard InChI is InChI=1S/C35H36N4O5/c1-9-22-20(5)34-38-28(22)15-26-18(3)24(11-13-32(40)42-7)30(36-26)17-31-25(12-14-33(41)43-8)19(4)27(37-31)16-29-23(10-2)21(6)35(39-29)44-34/h9-10,15-17,36H,1-2,11-14H2,3-8H3/p+1. The van der Waals surface area contributed by atoms with Crippen LogP contribution in [0.1, 0.15) is 85.7 Å². The first-order chi connectivity index (χ1) is 21.1. The lowest BCUT2D eigenvalue weighted by atomic mass is 10.00. The van der Waals surface area contributed by atoms with Crippen molar-refractivity contribution in [3.05, 3.63) is 89.2 Å². The maximum atomic E-state index is 12.1. The zero-order valence-electron chi connectivity index (χ0n) is 26.1. The average Bonchev–Trinajstić information content (AvgIpc) is 3.67. The molecule has 0 saturated heterocycles. The molecule has 0 unspecified atom stereocenters. The van der Waals surface area contributed by atoms with Gasteiger partial charge in [0.25, 0.3) is 0 Å². The second kappa shape index (κ2) is 12.3. The van der Waals surface area contributed by atoms with E-state index >= 15 is 0 Å². The van der Waals surface area contributed by atoms with Crippen LogP contribution in [0.5, 0.6) is 0 Å². The minimum Gasteiger partial charge on any atom is -0.469 e. The van der Waals surface area contributed by atoms with Crippen molar-refractivity contribution >= 4 is 56.4 Å². The normalized spacial score (nSPS) is 13.7. The van der Waals surface area contributed by atoms with E-state index in [4.69, 9.17) is 23.9 Å². The lowest BCUT2D eigenvalue weighted by Crippen LogP contribution is -2.07. The molecule has 0 fully saturated rings. The smallest absolute Gasteiger partial charge is 0.377 e. The van der Waals surface area contributed by atoms with Gasteiger partial charge in [-0.2, -0.15) is 4.98 Å². The highest BCUT2D eigenvalue weighted by atomic mass is 16.5. The van der Waals surface area contributed by atoms with Crippen LogP contribution >= 0.6 is 0 Å². The molecule has 2 aromatic rings. The first-order valence-corrected chi connectivity index (χ1v) is 14.5. The molecule has 0 aromatic carbocycles. The van der Waals surface area contributed by atoms with Crippen molar-refractivity contribution < 1.29 is 28.5 Å². The Morgan fingerprint density at radius 1 is 0.841 bits per heavy atom. The summed E-state index contributed by atoms with van der Waals surface area (Å²) in [5.74, 6) is 0.450. The fraction of sp³-hybridized carbons (Fsp3) is 0.286. The maximum absolute atomic E-state index is 12.1. The van der Waals surface area contributed by atoms with E-state index in [0.717, 1.165) is 72.7 Å². The highest BCUT2D eigenvalue weighted by Crippen LogP contribution is 2.37. The van der Waals surface area contributed by atoms with E-state index < -0.39 is 0 Å². The Hall–Kier alpha value is -5.05. The molecule has 0 amide bonds. The van der Waals surface area contributed by atoms with Crippen molar-refractivity contribution in [3.8, 4) is 0 Å². The molecule has 5 rings (SSSR count). The van der Waals surface area contributed by atoms with Gasteiger partial charge in [0, 0.05) is 41.1 Å². The van der Waals surface area contributed by atoms with Gasteiger partial charge in [-0.3, -0.25) is 9.59 Å². The number of aromatic amines is 2. The molecule has 44 heavy (non-hydrogen) atoms. The molecule has 0 aliphatic carbocycles. The molecule has 5 heterocycles. The summed E-state index contributed by atoms with van der Waals surface area (Å²) in [5.41, 5.74) is 12.0. The highest BCUT2D eigenvalue weighted by molar-refractivity contribution is 5.97. The van der Waals surface area contributed by atoms with E-state index in [0.29, 0.717) is 30.3 Å². The van der Waals surface area contributed by atoms with Crippen molar-refractivity contribution in [2.75, 3.05) is 14.2 Å². The Morgan fingerprint density at radius 2 is 1.50 bits per heavy atom. The van der Waals surface area contributed by atoms with Crippen LogP contribution in [0.2, 0.25) is 0 Å². The summed E-state index contributed by atoms with van der Waals surface area (Å²) in [4.78, 5) is 41.2. The van der Waals surface area contributed by atoms with Crippen molar-refractivity contribution in [3.63, 3.8) is 0 Å². The number of hydrogen-bond donors (Lipinski definition) is 1. The van der Waals surface area contributed by atoms with Gasteiger partial charge in [-0.15, -0.1) is 0 Å². The molecule has 3 aliphatic heterocycles. The number of carbonyl (C=O) groups excluding carboxylic acids is 2. The second-order valence-electron chi connectivity index (χ2n) is 10.9. The number of carbonyl (C=O) groups is 2. The fourth-order valence-electron chi connectivity index (χ4n) is 5.75. The number of methoxy groups -OCH3 is 2. The zero-order valence-corrected chi connectivity index (χ0v) is 26.1. The number of allylic oxidation sites excluding steroid dienone is 8. The summed E-state index contributed by atoms with van der Waals surface area (Å²) < 4.78 is 16.2. The molecular formula is C35H37N4O5+. The van der Waals surface area contributed by atoms with Gasteiger partial charge in [-0.05, 0) is 74.9 Å². The molecule has 2 aromatic heterocycles. The third-order valence-corrected chi connectivity index (χ3v) is 8.41. The summed E-state index contributed by atoms with van der Waals surface area (Å²) in [5, 5.41) is 0. The van der Waals surface area contributed by atoms with Gasteiger partial charge >= 0.3 is 17.8 Å². The lowest BCUT2D eigenvalue weighted by Gasteiger charge is -2.04. The number of aryl methyl sites for hydroxylation is 2. The van der Waals surface area contributed by atoms with Crippen molar-refractivity contribution in [1.29, 1.82) is 0 Å². The summed E-state index contributed by atoms with van der Waals surface area (Å²) in [6.07, 6.45) is 4.93. The molecule has 0 spiro atoms. The van der Waals surface area contributed by atoms with Crippen LogP contribution < -0.4 is 4.98 Å². The van der Waals surface area contributed by atoms with E-state index in [-0.39, 0.29) is 24.8 Å². The third-order valence-electron chi connectivity index (χ3n) is 8.41. The molecule has 2 N–H and O–H groups in total. The Bertz CT molecular complexity index is 1900. The summed E-state index contributed by atoms with van der Waals surface area (Å²) >= 11 is 0. The van der Waals surface area contributed by atoms with E-state index in [9.17, 15) is 9.59 Å². The Balaban J connectivity index is 1.89.